The second-order valence-electron chi connectivity index (χ2n) is 7.20. The molecule has 1 N–H and O–H groups in total. The van der Waals surface area contributed by atoms with Gasteiger partial charge in [-0.05, 0) is 43.0 Å². The molecule has 2 fully saturated rings. The fourth-order valence-corrected chi connectivity index (χ4v) is 4.05. The van der Waals surface area contributed by atoms with Gasteiger partial charge in [0.1, 0.15) is 12.3 Å². The number of anilines is 1. The number of nitrogens with zero attached hydrogens (tertiary/aromatic N) is 2. The fraction of sp³-hybridized carbons (Fsp3) is 0.474. The third kappa shape index (κ3) is 2.87. The molecule has 2 saturated heterocycles. The topological polar surface area (TPSA) is 86.8 Å². The van der Waals surface area contributed by atoms with Gasteiger partial charge in [0.25, 0.3) is 5.91 Å². The van der Waals surface area contributed by atoms with Crippen molar-refractivity contribution < 1.29 is 19.2 Å². The van der Waals surface area contributed by atoms with Crippen molar-refractivity contribution in [1.29, 1.82) is 0 Å². The Balaban J connectivity index is 1.51. The van der Waals surface area contributed by atoms with Gasteiger partial charge in [-0.3, -0.25) is 19.7 Å². The number of amides is 3. The molecule has 3 heterocycles. The molecule has 1 atom stereocenters. The third-order valence-corrected chi connectivity index (χ3v) is 5.60. The second kappa shape index (κ2) is 6.55. The number of carbonyl (C=O) groups is 4. The predicted molar refractivity (Wildman–Crippen MR) is 93.5 cm³/mol. The highest BCUT2D eigenvalue weighted by molar-refractivity contribution is 6.05. The Hall–Kier alpha value is -2.70. The monoisotopic (exact) mass is 355 g/mol. The molecule has 0 saturated carbocycles. The molecule has 1 aromatic rings. The highest BCUT2D eigenvalue weighted by Gasteiger charge is 2.39. The quantitative estimate of drug-likeness (QED) is 0.642. The smallest absolute Gasteiger partial charge is 0.255 e. The lowest BCUT2D eigenvalue weighted by Gasteiger charge is -2.31. The molecule has 0 unspecified atom stereocenters. The van der Waals surface area contributed by atoms with Crippen molar-refractivity contribution in [1.82, 2.24) is 10.2 Å². The molecule has 0 radical (unpaired) electrons. The van der Waals surface area contributed by atoms with Crippen molar-refractivity contribution in [2.45, 2.75) is 38.3 Å². The second-order valence-corrected chi connectivity index (χ2v) is 7.20. The van der Waals surface area contributed by atoms with Crippen LogP contribution >= 0.6 is 0 Å². The van der Waals surface area contributed by atoms with Gasteiger partial charge in [-0.15, -0.1) is 0 Å². The van der Waals surface area contributed by atoms with Crippen molar-refractivity contribution in [3.8, 4) is 0 Å². The molecule has 3 amide bonds. The number of piperidine rings is 2. The van der Waals surface area contributed by atoms with Gasteiger partial charge >= 0.3 is 0 Å². The summed E-state index contributed by atoms with van der Waals surface area (Å²) in [5, 5.41) is 2.32. The number of rotatable bonds is 3. The summed E-state index contributed by atoms with van der Waals surface area (Å²) in [6.45, 7) is 2.04. The Kier molecular flexibility index (Phi) is 4.22. The van der Waals surface area contributed by atoms with Gasteiger partial charge in [-0.1, -0.05) is 0 Å². The van der Waals surface area contributed by atoms with Crippen LogP contribution in [0, 0.1) is 5.92 Å². The van der Waals surface area contributed by atoms with E-state index in [1.54, 1.807) is 4.90 Å². The summed E-state index contributed by atoms with van der Waals surface area (Å²) in [5.41, 5.74) is 2.59. The van der Waals surface area contributed by atoms with E-state index in [1.807, 2.05) is 18.2 Å². The Labute approximate surface area is 151 Å². The highest BCUT2D eigenvalue weighted by atomic mass is 16.2. The average Bonchev–Trinajstić information content (AvgIpc) is 2.98. The van der Waals surface area contributed by atoms with Gasteiger partial charge in [0.05, 0.1) is 0 Å². The Bertz CT molecular complexity index is 783. The Morgan fingerprint density at radius 1 is 1.08 bits per heavy atom. The van der Waals surface area contributed by atoms with E-state index in [9.17, 15) is 19.2 Å². The lowest BCUT2D eigenvalue weighted by molar-refractivity contribution is -0.136. The minimum atomic E-state index is -0.584. The maximum absolute atomic E-state index is 12.7. The van der Waals surface area contributed by atoms with E-state index in [1.165, 1.54) is 0 Å². The Morgan fingerprint density at radius 2 is 1.85 bits per heavy atom. The first-order valence-corrected chi connectivity index (χ1v) is 9.04. The van der Waals surface area contributed by atoms with Crippen molar-refractivity contribution in [3.63, 3.8) is 0 Å². The fourth-order valence-electron chi connectivity index (χ4n) is 4.05. The van der Waals surface area contributed by atoms with E-state index in [0.29, 0.717) is 18.5 Å². The molecular weight excluding hydrogens is 334 g/mol. The highest BCUT2D eigenvalue weighted by Crippen LogP contribution is 2.31. The van der Waals surface area contributed by atoms with Crippen LogP contribution in [-0.4, -0.2) is 48.0 Å². The predicted octanol–water partition coefficient (Wildman–Crippen LogP) is 0.863. The first kappa shape index (κ1) is 16.8. The minimum Gasteiger partial charge on any atom is -0.371 e. The number of aldehydes is 1. The molecule has 0 spiro atoms. The SMILES string of the molecule is O=CC1CCN(c2ccc3c(c2)CN([C@@H]2CCC(=O)NC2=O)C3=O)CC1. The third-order valence-electron chi connectivity index (χ3n) is 5.60. The first-order valence-electron chi connectivity index (χ1n) is 9.04. The average molecular weight is 355 g/mol. The minimum absolute atomic E-state index is 0.144. The lowest BCUT2D eigenvalue weighted by Crippen LogP contribution is -2.52. The number of imide groups is 1. The summed E-state index contributed by atoms with van der Waals surface area (Å²) in [7, 11) is 0. The summed E-state index contributed by atoms with van der Waals surface area (Å²) < 4.78 is 0. The zero-order valence-electron chi connectivity index (χ0n) is 14.4. The molecule has 1 aromatic carbocycles. The van der Waals surface area contributed by atoms with Gasteiger partial charge in [-0.25, -0.2) is 0 Å². The molecule has 0 aromatic heterocycles. The van der Waals surface area contributed by atoms with Crippen LogP contribution in [-0.2, 0) is 20.9 Å². The lowest BCUT2D eigenvalue weighted by atomic mass is 9.97. The summed E-state index contributed by atoms with van der Waals surface area (Å²) in [6, 6.07) is 5.19. The maximum Gasteiger partial charge on any atom is 0.255 e. The van der Waals surface area contributed by atoms with Gasteiger partial charge in [0.2, 0.25) is 11.8 Å². The van der Waals surface area contributed by atoms with E-state index in [0.717, 1.165) is 43.5 Å². The molecule has 0 aliphatic carbocycles. The van der Waals surface area contributed by atoms with E-state index in [-0.39, 0.29) is 24.2 Å². The number of hydrogen-bond donors (Lipinski definition) is 1. The van der Waals surface area contributed by atoms with Crippen LogP contribution in [0.3, 0.4) is 0 Å². The summed E-state index contributed by atoms with van der Waals surface area (Å²) >= 11 is 0. The van der Waals surface area contributed by atoms with Crippen LogP contribution in [0.25, 0.3) is 0 Å². The van der Waals surface area contributed by atoms with Crippen LogP contribution in [0.2, 0.25) is 0 Å². The molecule has 4 rings (SSSR count). The normalized spacial score (nSPS) is 23.8. The number of benzene rings is 1. The molecule has 3 aliphatic rings. The number of nitrogens with one attached hydrogen (secondary N) is 1. The van der Waals surface area contributed by atoms with Crippen molar-refractivity contribution in [2.24, 2.45) is 5.92 Å². The standard InChI is InChI=1S/C19H21N3O4/c23-11-12-5-7-21(8-6-12)14-1-2-15-13(9-14)10-22(19(15)26)16-3-4-17(24)20-18(16)25/h1-2,9,11-12,16H,3-8,10H2,(H,20,24,25)/t16-/m1/s1. The van der Waals surface area contributed by atoms with Crippen LogP contribution < -0.4 is 10.2 Å². The van der Waals surface area contributed by atoms with Crippen molar-refractivity contribution in [2.75, 3.05) is 18.0 Å². The van der Waals surface area contributed by atoms with E-state index in [4.69, 9.17) is 0 Å². The van der Waals surface area contributed by atoms with Gasteiger partial charge in [0.15, 0.2) is 0 Å². The van der Waals surface area contributed by atoms with E-state index >= 15 is 0 Å². The zero-order chi connectivity index (χ0) is 18.3. The summed E-state index contributed by atoms with van der Waals surface area (Å²) in [4.78, 5) is 50.8. The zero-order valence-corrected chi connectivity index (χ0v) is 14.4. The van der Waals surface area contributed by atoms with Crippen LogP contribution in [0.15, 0.2) is 18.2 Å². The van der Waals surface area contributed by atoms with Crippen LogP contribution in [0.5, 0.6) is 0 Å². The number of hydrogen-bond acceptors (Lipinski definition) is 5. The molecular formula is C19H21N3O4. The van der Waals surface area contributed by atoms with Gasteiger partial charge in [-0.2, -0.15) is 0 Å². The molecule has 26 heavy (non-hydrogen) atoms. The largest absolute Gasteiger partial charge is 0.371 e. The van der Waals surface area contributed by atoms with Crippen molar-refractivity contribution in [3.05, 3.63) is 29.3 Å². The van der Waals surface area contributed by atoms with Crippen LogP contribution in [0.1, 0.15) is 41.6 Å². The summed E-state index contributed by atoms with van der Waals surface area (Å²) in [5.74, 6) is -0.680. The molecule has 7 heteroatoms. The molecule has 0 bridgehead atoms. The van der Waals surface area contributed by atoms with Gasteiger partial charge < -0.3 is 14.6 Å². The Morgan fingerprint density at radius 3 is 2.54 bits per heavy atom. The van der Waals surface area contributed by atoms with Crippen LogP contribution in [0.4, 0.5) is 5.69 Å². The number of fused-ring (bicyclic) bond motifs is 1. The molecule has 136 valence electrons. The van der Waals surface area contributed by atoms with Gasteiger partial charge in [0, 0.05) is 43.2 Å². The van der Waals surface area contributed by atoms with E-state index in [2.05, 4.69) is 10.2 Å². The molecule has 7 nitrogen and oxygen atoms in total. The van der Waals surface area contributed by atoms with E-state index < -0.39 is 11.9 Å². The summed E-state index contributed by atoms with van der Waals surface area (Å²) in [6.07, 6.45) is 3.37. The molecule has 3 aliphatic heterocycles. The van der Waals surface area contributed by atoms with Crippen molar-refractivity contribution >= 4 is 29.7 Å². The maximum atomic E-state index is 12.7. The first-order chi connectivity index (χ1) is 12.6. The number of carbonyl (C=O) groups excluding carboxylic acids is 4.